The molecule has 4 heteroatoms. The van der Waals surface area contributed by atoms with Crippen molar-refractivity contribution in [2.24, 2.45) is 5.41 Å². The third kappa shape index (κ3) is 9.69. The van der Waals surface area contributed by atoms with Gasteiger partial charge in [0.05, 0.1) is 0 Å². The molecule has 0 bridgehead atoms. The Labute approximate surface area is 93.4 Å². The van der Waals surface area contributed by atoms with Gasteiger partial charge in [-0.1, -0.05) is 13.8 Å². The number of hydrogen-bond donors (Lipinski definition) is 2. The highest BCUT2D eigenvalue weighted by atomic mass is 16.1. The van der Waals surface area contributed by atoms with Gasteiger partial charge in [0.1, 0.15) is 0 Å². The molecule has 0 aliphatic heterocycles. The minimum atomic E-state index is 0.0318. The highest BCUT2D eigenvalue weighted by Gasteiger charge is 2.17. The summed E-state index contributed by atoms with van der Waals surface area (Å²) in [6.45, 7) is 9.56. The van der Waals surface area contributed by atoms with Crippen LogP contribution in [0, 0.1) is 5.41 Å². The lowest BCUT2D eigenvalue weighted by Crippen LogP contribution is -2.40. The predicted octanol–water partition coefficient (Wildman–Crippen LogP) is 0.300. The summed E-state index contributed by atoms with van der Waals surface area (Å²) in [5, 5.41) is 6.11. The predicted molar refractivity (Wildman–Crippen MR) is 63.9 cm³/mol. The summed E-state index contributed by atoms with van der Waals surface area (Å²) in [6.07, 6.45) is 0. The van der Waals surface area contributed by atoms with Gasteiger partial charge >= 0.3 is 0 Å². The lowest BCUT2D eigenvalue weighted by molar-refractivity contribution is -0.118. The van der Waals surface area contributed by atoms with E-state index in [0.717, 1.165) is 19.6 Å². The molecule has 0 saturated carbocycles. The Morgan fingerprint density at radius 3 is 2.33 bits per heavy atom. The number of hydrogen-bond acceptors (Lipinski definition) is 3. The van der Waals surface area contributed by atoms with Gasteiger partial charge in [-0.05, 0) is 19.5 Å². The fourth-order valence-corrected chi connectivity index (χ4v) is 1.67. The van der Waals surface area contributed by atoms with Gasteiger partial charge in [-0.25, -0.2) is 0 Å². The summed E-state index contributed by atoms with van der Waals surface area (Å²) in [7, 11) is 4.16. The van der Waals surface area contributed by atoms with Crippen LogP contribution in [0.3, 0.4) is 0 Å². The summed E-state index contributed by atoms with van der Waals surface area (Å²) in [4.78, 5) is 12.8. The lowest BCUT2D eigenvalue weighted by Gasteiger charge is -2.28. The molecule has 90 valence electrons. The van der Waals surface area contributed by atoms with Gasteiger partial charge in [0.2, 0.25) is 5.91 Å². The SMILES string of the molecule is CC(=O)NCCNCC(C)(C)CN(C)C. The van der Waals surface area contributed by atoms with Crippen LogP contribution in [0.4, 0.5) is 0 Å². The fraction of sp³-hybridized carbons (Fsp3) is 0.909. The van der Waals surface area contributed by atoms with Gasteiger partial charge in [-0.2, -0.15) is 0 Å². The first-order valence-electron chi connectivity index (χ1n) is 5.43. The highest BCUT2D eigenvalue weighted by molar-refractivity contribution is 5.72. The van der Waals surface area contributed by atoms with Crippen molar-refractivity contribution in [3.63, 3.8) is 0 Å². The van der Waals surface area contributed by atoms with Crippen LogP contribution in [0.15, 0.2) is 0 Å². The summed E-state index contributed by atoms with van der Waals surface area (Å²) in [5.41, 5.74) is 0.264. The van der Waals surface area contributed by atoms with Crippen LogP contribution in [0.5, 0.6) is 0 Å². The molecule has 15 heavy (non-hydrogen) atoms. The molecule has 1 amide bonds. The molecule has 0 aromatic rings. The highest BCUT2D eigenvalue weighted by Crippen LogP contribution is 2.13. The van der Waals surface area contributed by atoms with Crippen LogP contribution in [-0.4, -0.2) is 51.1 Å². The van der Waals surface area contributed by atoms with Crippen LogP contribution >= 0.6 is 0 Å². The molecule has 0 atom stereocenters. The van der Waals surface area contributed by atoms with Crippen LogP contribution < -0.4 is 10.6 Å². The third-order valence-electron chi connectivity index (χ3n) is 2.02. The zero-order chi connectivity index (χ0) is 11.9. The van der Waals surface area contributed by atoms with Crippen molar-refractivity contribution in [1.82, 2.24) is 15.5 Å². The van der Waals surface area contributed by atoms with E-state index >= 15 is 0 Å². The molecule has 0 fully saturated rings. The van der Waals surface area contributed by atoms with Crippen molar-refractivity contribution in [3.05, 3.63) is 0 Å². The number of nitrogens with one attached hydrogen (secondary N) is 2. The van der Waals surface area contributed by atoms with Gasteiger partial charge in [-0.15, -0.1) is 0 Å². The molecule has 2 N–H and O–H groups in total. The van der Waals surface area contributed by atoms with Crippen molar-refractivity contribution in [3.8, 4) is 0 Å². The van der Waals surface area contributed by atoms with E-state index in [-0.39, 0.29) is 11.3 Å². The van der Waals surface area contributed by atoms with E-state index in [0.29, 0.717) is 6.54 Å². The van der Waals surface area contributed by atoms with Gasteiger partial charge < -0.3 is 15.5 Å². The van der Waals surface area contributed by atoms with Crippen LogP contribution in [-0.2, 0) is 4.79 Å². The Kier molecular flexibility index (Phi) is 6.52. The molecule has 0 spiro atoms. The summed E-state index contributed by atoms with van der Waals surface area (Å²) in [5.74, 6) is 0.0318. The Balaban J connectivity index is 3.52. The molecule has 4 nitrogen and oxygen atoms in total. The maximum Gasteiger partial charge on any atom is 0.216 e. The minimum Gasteiger partial charge on any atom is -0.355 e. The van der Waals surface area contributed by atoms with E-state index in [2.05, 4.69) is 43.5 Å². The van der Waals surface area contributed by atoms with Gasteiger partial charge in [0.15, 0.2) is 0 Å². The zero-order valence-electron chi connectivity index (χ0n) is 10.7. The summed E-state index contributed by atoms with van der Waals surface area (Å²) in [6, 6.07) is 0. The topological polar surface area (TPSA) is 44.4 Å². The van der Waals surface area contributed by atoms with Gasteiger partial charge in [-0.3, -0.25) is 4.79 Å². The van der Waals surface area contributed by atoms with Crippen molar-refractivity contribution in [2.75, 3.05) is 40.3 Å². The molecule has 0 aromatic carbocycles. The standard InChI is InChI=1S/C11H25N3O/c1-10(15)13-7-6-12-8-11(2,3)9-14(4)5/h12H,6-9H2,1-5H3,(H,13,15). The molecular weight excluding hydrogens is 190 g/mol. The molecule has 0 radical (unpaired) electrons. The lowest BCUT2D eigenvalue weighted by atomic mass is 9.93. The number of amides is 1. The Morgan fingerprint density at radius 2 is 1.87 bits per heavy atom. The number of carbonyl (C=O) groups excluding carboxylic acids is 1. The average molecular weight is 215 g/mol. The monoisotopic (exact) mass is 215 g/mol. The van der Waals surface area contributed by atoms with Gasteiger partial charge in [0, 0.05) is 33.1 Å². The summed E-state index contributed by atoms with van der Waals surface area (Å²) < 4.78 is 0. The van der Waals surface area contributed by atoms with E-state index < -0.39 is 0 Å². The summed E-state index contributed by atoms with van der Waals surface area (Å²) >= 11 is 0. The van der Waals surface area contributed by atoms with Crippen molar-refractivity contribution in [1.29, 1.82) is 0 Å². The Hall–Kier alpha value is -0.610. The smallest absolute Gasteiger partial charge is 0.216 e. The van der Waals surface area contributed by atoms with Crippen molar-refractivity contribution in [2.45, 2.75) is 20.8 Å². The van der Waals surface area contributed by atoms with Crippen LogP contribution in [0.2, 0.25) is 0 Å². The normalized spacial score (nSPS) is 11.9. The molecule has 0 rings (SSSR count). The molecule has 0 unspecified atom stereocenters. The van der Waals surface area contributed by atoms with E-state index in [1.165, 1.54) is 6.92 Å². The molecule has 0 saturated heterocycles. The molecule has 0 aliphatic carbocycles. The first-order valence-corrected chi connectivity index (χ1v) is 5.43. The number of nitrogens with zero attached hydrogens (tertiary/aromatic N) is 1. The maximum atomic E-state index is 10.6. The second-order valence-corrected chi connectivity index (χ2v) is 5.06. The van der Waals surface area contributed by atoms with Crippen LogP contribution in [0.25, 0.3) is 0 Å². The van der Waals surface area contributed by atoms with E-state index in [9.17, 15) is 4.79 Å². The van der Waals surface area contributed by atoms with Crippen LogP contribution in [0.1, 0.15) is 20.8 Å². The Morgan fingerprint density at radius 1 is 1.27 bits per heavy atom. The fourth-order valence-electron chi connectivity index (χ4n) is 1.67. The molecular formula is C11H25N3O. The molecule has 0 heterocycles. The van der Waals surface area contributed by atoms with Crippen molar-refractivity contribution >= 4 is 5.91 Å². The molecule has 0 aliphatic rings. The molecule has 0 aromatic heterocycles. The Bertz CT molecular complexity index is 190. The maximum absolute atomic E-state index is 10.6. The van der Waals surface area contributed by atoms with Crippen molar-refractivity contribution < 1.29 is 4.79 Å². The number of carbonyl (C=O) groups is 1. The van der Waals surface area contributed by atoms with E-state index in [4.69, 9.17) is 0 Å². The van der Waals surface area contributed by atoms with Gasteiger partial charge in [0.25, 0.3) is 0 Å². The number of rotatable bonds is 7. The second kappa shape index (κ2) is 6.80. The third-order valence-corrected chi connectivity index (χ3v) is 2.02. The largest absolute Gasteiger partial charge is 0.355 e. The van der Waals surface area contributed by atoms with E-state index in [1.807, 2.05) is 0 Å². The first kappa shape index (κ1) is 14.4. The quantitative estimate of drug-likeness (QED) is 0.600. The minimum absolute atomic E-state index is 0.0318. The average Bonchev–Trinajstić information content (AvgIpc) is 1.99. The first-order chi connectivity index (χ1) is 6.83. The zero-order valence-corrected chi connectivity index (χ0v) is 10.7. The van der Waals surface area contributed by atoms with E-state index in [1.54, 1.807) is 0 Å². The second-order valence-electron chi connectivity index (χ2n) is 5.06.